The van der Waals surface area contributed by atoms with Crippen LogP contribution in [0.15, 0.2) is 0 Å². The van der Waals surface area contributed by atoms with Gasteiger partial charge in [0.1, 0.15) is 0 Å². The zero-order valence-corrected chi connectivity index (χ0v) is 6.61. The summed E-state index contributed by atoms with van der Waals surface area (Å²) in [5.74, 6) is 2.72. The minimum Gasteiger partial charge on any atom is -0.0628 e. The fourth-order valence-corrected chi connectivity index (χ4v) is 1.10. The van der Waals surface area contributed by atoms with E-state index in [1.54, 1.807) is 0 Å². The fraction of sp³-hybridized carbons (Fsp3) is 0.889. The highest BCUT2D eigenvalue weighted by atomic mass is 14.3. The summed E-state index contributed by atoms with van der Waals surface area (Å²) in [5.41, 5.74) is 0. The molecule has 0 aromatic carbocycles. The maximum atomic E-state index is 2.30. The highest BCUT2D eigenvalue weighted by Crippen LogP contribution is 2.36. The molecule has 0 atom stereocenters. The smallest absolute Gasteiger partial charge is 0.0241 e. The number of rotatable bonds is 4. The van der Waals surface area contributed by atoms with E-state index in [-0.39, 0.29) is 0 Å². The third kappa shape index (κ3) is 3.56. The first-order chi connectivity index (χ1) is 4.29. The molecule has 9 heavy (non-hydrogen) atoms. The van der Waals surface area contributed by atoms with Gasteiger partial charge in [0.2, 0.25) is 0 Å². The molecule has 0 spiro atoms. The molecule has 1 fully saturated rings. The summed E-state index contributed by atoms with van der Waals surface area (Å²) < 4.78 is 0. The maximum Gasteiger partial charge on any atom is -0.0241 e. The van der Waals surface area contributed by atoms with Crippen molar-refractivity contribution in [2.45, 2.75) is 46.0 Å². The van der Waals surface area contributed by atoms with Crippen LogP contribution in [-0.2, 0) is 0 Å². The Morgan fingerprint density at radius 1 is 1.33 bits per heavy atom. The van der Waals surface area contributed by atoms with Crippen molar-refractivity contribution in [3.63, 3.8) is 0 Å². The van der Waals surface area contributed by atoms with E-state index in [4.69, 9.17) is 0 Å². The van der Waals surface area contributed by atoms with E-state index < -0.39 is 0 Å². The minimum absolute atomic E-state index is 0.907. The van der Waals surface area contributed by atoms with Crippen molar-refractivity contribution in [1.29, 1.82) is 0 Å². The van der Waals surface area contributed by atoms with Gasteiger partial charge in [-0.25, -0.2) is 0 Å². The van der Waals surface area contributed by atoms with E-state index in [1.165, 1.54) is 32.1 Å². The van der Waals surface area contributed by atoms with Crippen molar-refractivity contribution in [3.8, 4) is 0 Å². The van der Waals surface area contributed by atoms with Gasteiger partial charge in [-0.05, 0) is 31.1 Å². The highest BCUT2D eigenvalue weighted by Gasteiger charge is 2.20. The lowest BCUT2D eigenvalue weighted by molar-refractivity contribution is 0.551. The molecule has 0 nitrogen and oxygen atoms in total. The molecule has 0 saturated heterocycles. The molecule has 0 heteroatoms. The van der Waals surface area contributed by atoms with Crippen molar-refractivity contribution in [2.24, 2.45) is 5.92 Å². The summed E-state index contributed by atoms with van der Waals surface area (Å²) in [6.45, 7) is 4.61. The van der Waals surface area contributed by atoms with Crippen LogP contribution in [0.5, 0.6) is 0 Å². The lowest BCUT2D eigenvalue weighted by Gasteiger charge is -2.01. The normalized spacial score (nSPS) is 19.0. The van der Waals surface area contributed by atoms with Crippen molar-refractivity contribution in [2.75, 3.05) is 0 Å². The van der Waals surface area contributed by atoms with Crippen LogP contribution in [0.1, 0.15) is 46.0 Å². The Morgan fingerprint density at radius 2 is 2.00 bits per heavy atom. The van der Waals surface area contributed by atoms with E-state index in [0.29, 0.717) is 0 Å². The van der Waals surface area contributed by atoms with Crippen LogP contribution in [0.4, 0.5) is 0 Å². The Balaban J connectivity index is 1.81. The lowest BCUT2D eigenvalue weighted by Crippen LogP contribution is -1.86. The topological polar surface area (TPSA) is 0 Å². The Hall–Kier alpha value is 0. The third-order valence-electron chi connectivity index (χ3n) is 1.92. The average molecular weight is 125 g/mol. The van der Waals surface area contributed by atoms with Crippen molar-refractivity contribution < 1.29 is 0 Å². The first-order valence-electron chi connectivity index (χ1n) is 4.12. The van der Waals surface area contributed by atoms with Gasteiger partial charge in [0.25, 0.3) is 0 Å². The van der Waals surface area contributed by atoms with Gasteiger partial charge in [-0.3, -0.25) is 0 Å². The molecule has 1 saturated carbocycles. The largest absolute Gasteiger partial charge is 0.0628 e. The van der Waals surface area contributed by atoms with Gasteiger partial charge in [-0.1, -0.05) is 26.7 Å². The quantitative estimate of drug-likeness (QED) is 0.541. The first kappa shape index (κ1) is 7.11. The standard InChI is InChI=1S/C9H17/c1-8(2)4-3-5-9-6-7-9/h8H,3-7H2,1-2H3. The minimum atomic E-state index is 0.907. The summed E-state index contributed by atoms with van der Waals surface area (Å²) >= 11 is 0. The molecule has 0 aromatic rings. The second-order valence-electron chi connectivity index (χ2n) is 3.54. The van der Waals surface area contributed by atoms with Crippen LogP contribution in [0.3, 0.4) is 0 Å². The second kappa shape index (κ2) is 3.24. The van der Waals surface area contributed by atoms with Gasteiger partial charge in [0.15, 0.2) is 0 Å². The van der Waals surface area contributed by atoms with E-state index in [9.17, 15) is 0 Å². The molecular weight excluding hydrogens is 108 g/mol. The highest BCUT2D eigenvalue weighted by molar-refractivity contribution is 5.04. The Kier molecular flexibility index (Phi) is 2.56. The Bertz CT molecular complexity index is 68.1. The SMILES string of the molecule is CC(C)CCC[C]1CC1. The summed E-state index contributed by atoms with van der Waals surface area (Å²) in [5, 5.41) is 0. The predicted octanol–water partition coefficient (Wildman–Crippen LogP) is 3.18. The van der Waals surface area contributed by atoms with E-state index >= 15 is 0 Å². The van der Waals surface area contributed by atoms with Gasteiger partial charge in [0.05, 0.1) is 0 Å². The molecule has 53 valence electrons. The summed E-state index contributed by atoms with van der Waals surface area (Å²) in [6, 6.07) is 0. The monoisotopic (exact) mass is 125 g/mol. The average Bonchev–Trinajstić information content (AvgIpc) is 2.48. The molecule has 0 aliphatic heterocycles. The first-order valence-corrected chi connectivity index (χ1v) is 4.12. The van der Waals surface area contributed by atoms with Gasteiger partial charge in [-0.2, -0.15) is 0 Å². The van der Waals surface area contributed by atoms with Crippen LogP contribution >= 0.6 is 0 Å². The van der Waals surface area contributed by atoms with Crippen LogP contribution in [0.2, 0.25) is 0 Å². The lowest BCUT2D eigenvalue weighted by atomic mass is 10.1. The molecule has 1 rings (SSSR count). The van der Waals surface area contributed by atoms with Gasteiger partial charge >= 0.3 is 0 Å². The molecule has 0 amide bonds. The Morgan fingerprint density at radius 3 is 2.44 bits per heavy atom. The van der Waals surface area contributed by atoms with Gasteiger partial charge in [-0.15, -0.1) is 0 Å². The van der Waals surface area contributed by atoms with E-state index in [2.05, 4.69) is 13.8 Å². The van der Waals surface area contributed by atoms with E-state index in [1.807, 2.05) is 5.92 Å². The van der Waals surface area contributed by atoms with E-state index in [0.717, 1.165) is 5.92 Å². The molecule has 1 aliphatic rings. The number of hydrogen-bond donors (Lipinski definition) is 0. The molecule has 0 unspecified atom stereocenters. The van der Waals surface area contributed by atoms with Crippen molar-refractivity contribution in [1.82, 2.24) is 0 Å². The molecular formula is C9H17. The molecule has 0 aromatic heterocycles. The molecule has 0 heterocycles. The molecule has 1 aliphatic carbocycles. The molecule has 0 N–H and O–H groups in total. The summed E-state index contributed by atoms with van der Waals surface area (Å²) in [4.78, 5) is 0. The Labute approximate surface area is 58.7 Å². The van der Waals surface area contributed by atoms with Gasteiger partial charge < -0.3 is 0 Å². The summed E-state index contributed by atoms with van der Waals surface area (Å²) in [7, 11) is 0. The van der Waals surface area contributed by atoms with Crippen molar-refractivity contribution in [3.05, 3.63) is 5.92 Å². The zero-order chi connectivity index (χ0) is 6.69. The van der Waals surface area contributed by atoms with Gasteiger partial charge in [0, 0.05) is 0 Å². The molecule has 0 bridgehead atoms. The third-order valence-corrected chi connectivity index (χ3v) is 1.92. The zero-order valence-electron chi connectivity index (χ0n) is 6.61. The number of hydrogen-bond acceptors (Lipinski definition) is 0. The van der Waals surface area contributed by atoms with Crippen molar-refractivity contribution >= 4 is 0 Å². The second-order valence-corrected chi connectivity index (χ2v) is 3.54. The van der Waals surface area contributed by atoms with Crippen LogP contribution in [0, 0.1) is 11.8 Å². The van der Waals surface area contributed by atoms with Crippen LogP contribution < -0.4 is 0 Å². The summed E-state index contributed by atoms with van der Waals surface area (Å²) in [6.07, 6.45) is 7.17. The molecule has 1 radical (unpaired) electrons. The fourth-order valence-electron chi connectivity index (χ4n) is 1.10. The van der Waals surface area contributed by atoms with Crippen LogP contribution in [-0.4, -0.2) is 0 Å². The maximum absolute atomic E-state index is 2.30. The predicted molar refractivity (Wildman–Crippen MR) is 41.2 cm³/mol. The van der Waals surface area contributed by atoms with Crippen LogP contribution in [0.25, 0.3) is 0 Å².